The summed E-state index contributed by atoms with van der Waals surface area (Å²) in [6.45, 7) is 0. The smallest absolute Gasteiger partial charge is 0.145 e. The Morgan fingerprint density at radius 3 is 2.58 bits per heavy atom. The number of nitrogens with one attached hydrogen (secondary N) is 2. The zero-order valence-electron chi connectivity index (χ0n) is 11.2. The predicted octanol–water partition coefficient (Wildman–Crippen LogP) is 2.88. The largest absolute Gasteiger partial charge is 0.497 e. The topological polar surface area (TPSA) is 55.4 Å². The Kier molecular flexibility index (Phi) is 4.07. The summed E-state index contributed by atoms with van der Waals surface area (Å²) in [5.41, 5.74) is 1.80. The van der Waals surface area contributed by atoms with E-state index >= 15 is 0 Å². The lowest BCUT2D eigenvalue weighted by molar-refractivity contribution is 0.395. The molecule has 0 radical (unpaired) electrons. The highest BCUT2D eigenvalue weighted by Crippen LogP contribution is 2.31. The molecule has 1 aromatic carbocycles. The van der Waals surface area contributed by atoms with Crippen molar-refractivity contribution in [3.8, 4) is 11.5 Å². The van der Waals surface area contributed by atoms with Crippen LogP contribution in [0.25, 0.3) is 0 Å². The number of hydrogen-bond donors (Lipinski definition) is 2. The summed E-state index contributed by atoms with van der Waals surface area (Å²) in [6.07, 6.45) is 1.74. The van der Waals surface area contributed by atoms with Gasteiger partial charge in [0.1, 0.15) is 17.3 Å². The molecule has 0 aliphatic rings. The third-order valence-electron chi connectivity index (χ3n) is 2.70. The molecule has 2 aromatic rings. The summed E-state index contributed by atoms with van der Waals surface area (Å²) in [7, 11) is 5.09. The van der Waals surface area contributed by atoms with Crippen LogP contribution < -0.4 is 20.1 Å². The van der Waals surface area contributed by atoms with E-state index in [1.807, 2.05) is 37.4 Å². The van der Waals surface area contributed by atoms with E-state index in [9.17, 15) is 0 Å². The minimum atomic E-state index is 0.724. The van der Waals surface area contributed by atoms with Crippen LogP contribution in [-0.4, -0.2) is 26.3 Å². The van der Waals surface area contributed by atoms with Crippen LogP contribution in [0.5, 0.6) is 11.5 Å². The van der Waals surface area contributed by atoms with E-state index in [4.69, 9.17) is 9.47 Å². The Morgan fingerprint density at radius 2 is 1.89 bits per heavy atom. The molecule has 1 aromatic heterocycles. The van der Waals surface area contributed by atoms with Gasteiger partial charge < -0.3 is 20.1 Å². The summed E-state index contributed by atoms with van der Waals surface area (Å²) in [4.78, 5) is 4.17. The van der Waals surface area contributed by atoms with E-state index in [0.29, 0.717) is 0 Å². The molecule has 0 aliphatic heterocycles. The van der Waals surface area contributed by atoms with E-state index in [0.717, 1.165) is 28.7 Å². The van der Waals surface area contributed by atoms with Gasteiger partial charge in [0.2, 0.25) is 0 Å². The van der Waals surface area contributed by atoms with Gasteiger partial charge in [0.05, 0.1) is 19.9 Å². The third-order valence-corrected chi connectivity index (χ3v) is 2.70. The number of methoxy groups -OCH3 is 2. The Bertz CT molecular complexity index is 558. The molecule has 0 unspecified atom stereocenters. The molecule has 0 bridgehead atoms. The maximum Gasteiger partial charge on any atom is 0.145 e. The van der Waals surface area contributed by atoms with Crippen molar-refractivity contribution < 1.29 is 9.47 Å². The molecule has 19 heavy (non-hydrogen) atoms. The standard InChI is InChI=1S/C14H17N3O2/c1-15-14-8-10(6-7-16-14)17-12-5-4-11(18-2)9-13(12)19-3/h4-9H,1-3H3,(H2,15,16,17). The van der Waals surface area contributed by atoms with Crippen LogP contribution in [0.3, 0.4) is 0 Å². The van der Waals surface area contributed by atoms with Crippen molar-refractivity contribution in [2.24, 2.45) is 0 Å². The minimum Gasteiger partial charge on any atom is -0.497 e. The number of pyridine rings is 1. The van der Waals surface area contributed by atoms with Crippen LogP contribution >= 0.6 is 0 Å². The fourth-order valence-electron chi connectivity index (χ4n) is 1.70. The molecule has 0 aliphatic carbocycles. The summed E-state index contributed by atoms with van der Waals surface area (Å²) < 4.78 is 10.5. The van der Waals surface area contributed by atoms with E-state index < -0.39 is 0 Å². The number of ether oxygens (including phenoxy) is 2. The average molecular weight is 259 g/mol. The van der Waals surface area contributed by atoms with Crippen LogP contribution in [0.4, 0.5) is 17.2 Å². The van der Waals surface area contributed by atoms with Crippen molar-refractivity contribution in [3.05, 3.63) is 36.5 Å². The SMILES string of the molecule is CNc1cc(Nc2ccc(OC)cc2OC)ccn1. The number of anilines is 3. The van der Waals surface area contributed by atoms with Gasteiger partial charge in [-0.25, -0.2) is 4.98 Å². The molecule has 0 amide bonds. The molecule has 0 fully saturated rings. The van der Waals surface area contributed by atoms with Crippen LogP contribution in [0.1, 0.15) is 0 Å². The number of aromatic nitrogens is 1. The van der Waals surface area contributed by atoms with Crippen LogP contribution in [0.2, 0.25) is 0 Å². The Morgan fingerprint density at radius 1 is 1.05 bits per heavy atom. The number of rotatable bonds is 5. The molecule has 5 nitrogen and oxygen atoms in total. The van der Waals surface area contributed by atoms with Crippen molar-refractivity contribution in [3.63, 3.8) is 0 Å². The molecule has 1 heterocycles. The molecule has 0 atom stereocenters. The van der Waals surface area contributed by atoms with Crippen LogP contribution in [0.15, 0.2) is 36.5 Å². The molecule has 5 heteroatoms. The first-order valence-electron chi connectivity index (χ1n) is 5.89. The maximum atomic E-state index is 5.34. The fraction of sp³-hybridized carbons (Fsp3) is 0.214. The van der Waals surface area contributed by atoms with Crippen molar-refractivity contribution in [2.75, 3.05) is 31.9 Å². The first-order valence-corrected chi connectivity index (χ1v) is 5.89. The Labute approximate surface area is 112 Å². The number of benzene rings is 1. The summed E-state index contributed by atoms with van der Waals surface area (Å²) in [6, 6.07) is 9.44. The average Bonchev–Trinajstić information content (AvgIpc) is 2.48. The molecular formula is C14H17N3O2. The first kappa shape index (κ1) is 13.0. The van der Waals surface area contributed by atoms with Gasteiger partial charge in [-0.15, -0.1) is 0 Å². The maximum absolute atomic E-state index is 5.34. The van der Waals surface area contributed by atoms with Crippen LogP contribution in [-0.2, 0) is 0 Å². The second-order valence-corrected chi connectivity index (χ2v) is 3.87. The zero-order chi connectivity index (χ0) is 13.7. The van der Waals surface area contributed by atoms with Crippen molar-refractivity contribution in [2.45, 2.75) is 0 Å². The Balaban J connectivity index is 2.26. The summed E-state index contributed by atoms with van der Waals surface area (Å²) in [5.74, 6) is 2.28. The van der Waals surface area contributed by atoms with Gasteiger partial charge in [-0.05, 0) is 18.2 Å². The predicted molar refractivity (Wildman–Crippen MR) is 76.6 cm³/mol. The molecule has 0 saturated carbocycles. The monoisotopic (exact) mass is 259 g/mol. The zero-order valence-corrected chi connectivity index (χ0v) is 11.2. The highest BCUT2D eigenvalue weighted by atomic mass is 16.5. The Hall–Kier alpha value is -2.43. The molecule has 0 spiro atoms. The summed E-state index contributed by atoms with van der Waals surface area (Å²) in [5, 5.41) is 6.29. The van der Waals surface area contributed by atoms with E-state index in [-0.39, 0.29) is 0 Å². The van der Waals surface area contributed by atoms with Gasteiger partial charge in [-0.1, -0.05) is 0 Å². The molecule has 2 rings (SSSR count). The molecular weight excluding hydrogens is 242 g/mol. The second-order valence-electron chi connectivity index (χ2n) is 3.87. The highest BCUT2D eigenvalue weighted by molar-refractivity contribution is 5.68. The third kappa shape index (κ3) is 3.07. The lowest BCUT2D eigenvalue weighted by atomic mass is 10.2. The van der Waals surface area contributed by atoms with E-state index in [1.54, 1.807) is 20.4 Å². The van der Waals surface area contributed by atoms with Crippen molar-refractivity contribution >= 4 is 17.2 Å². The molecule has 0 saturated heterocycles. The van der Waals surface area contributed by atoms with E-state index in [1.165, 1.54) is 0 Å². The highest BCUT2D eigenvalue weighted by Gasteiger charge is 2.05. The summed E-state index contributed by atoms with van der Waals surface area (Å²) >= 11 is 0. The van der Waals surface area contributed by atoms with Gasteiger partial charge in [0, 0.05) is 31.1 Å². The normalized spacial score (nSPS) is 9.84. The van der Waals surface area contributed by atoms with Gasteiger partial charge in [0.15, 0.2) is 0 Å². The molecule has 100 valence electrons. The van der Waals surface area contributed by atoms with Gasteiger partial charge in [-0.3, -0.25) is 0 Å². The van der Waals surface area contributed by atoms with Crippen LogP contribution in [0, 0.1) is 0 Å². The fourth-order valence-corrected chi connectivity index (χ4v) is 1.70. The van der Waals surface area contributed by atoms with Gasteiger partial charge in [0.25, 0.3) is 0 Å². The van der Waals surface area contributed by atoms with Crippen molar-refractivity contribution in [1.29, 1.82) is 0 Å². The molecule has 2 N–H and O–H groups in total. The van der Waals surface area contributed by atoms with E-state index in [2.05, 4.69) is 15.6 Å². The van der Waals surface area contributed by atoms with Crippen molar-refractivity contribution in [1.82, 2.24) is 4.98 Å². The lowest BCUT2D eigenvalue weighted by Gasteiger charge is -2.13. The first-order chi connectivity index (χ1) is 9.26. The quantitative estimate of drug-likeness (QED) is 0.864. The number of hydrogen-bond acceptors (Lipinski definition) is 5. The lowest BCUT2D eigenvalue weighted by Crippen LogP contribution is -1.97. The minimum absolute atomic E-state index is 0.724. The number of nitrogens with zero attached hydrogens (tertiary/aromatic N) is 1. The van der Waals surface area contributed by atoms with Gasteiger partial charge >= 0.3 is 0 Å². The van der Waals surface area contributed by atoms with Gasteiger partial charge in [-0.2, -0.15) is 0 Å². The second kappa shape index (κ2) is 5.95.